The minimum absolute atomic E-state index is 0. The molecule has 0 aliphatic carbocycles. The maximum Gasteiger partial charge on any atom is 0.269 e. The molecule has 0 spiro atoms. The summed E-state index contributed by atoms with van der Waals surface area (Å²) in [6, 6.07) is 16.9. The Balaban J connectivity index is 0.00000161. The third kappa shape index (κ3) is 3.44. The fraction of sp³-hybridized carbons (Fsp3) is 0.0625. The molecule has 0 aliphatic heterocycles. The van der Waals surface area contributed by atoms with Crippen molar-refractivity contribution in [3.05, 3.63) is 82.7 Å². The summed E-state index contributed by atoms with van der Waals surface area (Å²) in [6.07, 6.45) is 4.10. The molecule has 21 heavy (non-hydrogen) atoms. The molecule has 0 atom stereocenters. The average molecular weight is 345 g/mol. The number of hydrogen-bond donors (Lipinski definition) is 0. The van der Waals surface area contributed by atoms with Crippen molar-refractivity contribution >= 4 is 16.5 Å². The Labute approximate surface area is 132 Å². The van der Waals surface area contributed by atoms with Crippen LogP contribution in [0, 0.1) is 10.1 Å². The molecule has 1 heterocycles. The molecule has 0 aliphatic rings. The van der Waals surface area contributed by atoms with Crippen LogP contribution in [0.1, 0.15) is 5.56 Å². The maximum absolute atomic E-state index is 10.6. The van der Waals surface area contributed by atoms with Crippen molar-refractivity contribution in [3.63, 3.8) is 0 Å². The monoisotopic (exact) mass is 344 g/mol. The van der Waals surface area contributed by atoms with Gasteiger partial charge in [0.15, 0.2) is 18.9 Å². The average Bonchev–Trinajstić information content (AvgIpc) is 2.48. The Morgan fingerprint density at radius 1 is 0.952 bits per heavy atom. The summed E-state index contributed by atoms with van der Waals surface area (Å²) < 4.78 is 2.07. The molecule has 0 amide bonds. The van der Waals surface area contributed by atoms with Gasteiger partial charge in [-0.25, -0.2) is 4.57 Å². The predicted octanol–water partition coefficient (Wildman–Crippen LogP) is 0.0878. The molecule has 0 saturated carbocycles. The van der Waals surface area contributed by atoms with Gasteiger partial charge in [0.1, 0.15) is 0 Å². The second-order valence-electron chi connectivity index (χ2n) is 4.67. The molecule has 5 heteroatoms. The second kappa shape index (κ2) is 6.45. The number of pyridine rings is 1. The Morgan fingerprint density at radius 2 is 1.62 bits per heavy atom. The van der Waals surface area contributed by atoms with E-state index in [1.807, 2.05) is 18.3 Å². The number of non-ortho nitro benzene ring substituents is 1. The molecule has 0 saturated heterocycles. The van der Waals surface area contributed by atoms with Crippen LogP contribution < -0.4 is 21.5 Å². The number of hydrogen-bond acceptors (Lipinski definition) is 2. The molecule has 3 rings (SSSR count). The largest absolute Gasteiger partial charge is 1.00 e. The zero-order valence-corrected chi connectivity index (χ0v) is 12.7. The highest BCUT2D eigenvalue weighted by Crippen LogP contribution is 2.13. The second-order valence-corrected chi connectivity index (χ2v) is 4.67. The van der Waals surface area contributed by atoms with Crippen LogP contribution in [0.15, 0.2) is 67.0 Å². The Hall–Kier alpha value is -2.27. The van der Waals surface area contributed by atoms with Crippen molar-refractivity contribution in [1.82, 2.24) is 0 Å². The standard InChI is InChI=1S/C16H13N2O2.BrH/c19-18(20)16-7-5-13(6-8-16)11-17-10-9-14-3-1-2-4-15(14)12-17;/h1-10,12H,11H2;1H/q+1;/p-1. The van der Waals surface area contributed by atoms with E-state index in [9.17, 15) is 10.1 Å². The first-order valence-corrected chi connectivity index (χ1v) is 6.33. The molecule has 3 aromatic rings. The number of nitro benzene ring substituents is 1. The van der Waals surface area contributed by atoms with Crippen LogP contribution in [0.5, 0.6) is 0 Å². The molecule has 0 unspecified atom stereocenters. The highest BCUT2D eigenvalue weighted by atomic mass is 79.9. The predicted molar refractivity (Wildman–Crippen MR) is 76.3 cm³/mol. The fourth-order valence-electron chi connectivity index (χ4n) is 2.21. The Kier molecular flexibility index (Phi) is 4.65. The molecule has 0 N–H and O–H groups in total. The van der Waals surface area contributed by atoms with E-state index in [4.69, 9.17) is 0 Å². The molecule has 1 aromatic heterocycles. The van der Waals surface area contributed by atoms with E-state index >= 15 is 0 Å². The Bertz CT molecular complexity index is 773. The van der Waals surface area contributed by atoms with E-state index < -0.39 is 0 Å². The van der Waals surface area contributed by atoms with E-state index in [2.05, 4.69) is 29.0 Å². The molecular formula is C16H13BrN2O2. The third-order valence-electron chi connectivity index (χ3n) is 3.26. The van der Waals surface area contributed by atoms with Crippen LogP contribution in [-0.4, -0.2) is 4.92 Å². The van der Waals surface area contributed by atoms with Gasteiger partial charge in [-0.05, 0) is 23.6 Å². The van der Waals surface area contributed by atoms with Gasteiger partial charge in [-0.1, -0.05) is 18.2 Å². The van der Waals surface area contributed by atoms with Gasteiger partial charge in [-0.3, -0.25) is 10.1 Å². The van der Waals surface area contributed by atoms with Crippen molar-refractivity contribution in [2.75, 3.05) is 0 Å². The zero-order chi connectivity index (χ0) is 13.9. The van der Waals surface area contributed by atoms with Gasteiger partial charge in [0.05, 0.1) is 4.92 Å². The van der Waals surface area contributed by atoms with Crippen LogP contribution in [0.2, 0.25) is 0 Å². The lowest BCUT2D eigenvalue weighted by atomic mass is 10.1. The first kappa shape index (κ1) is 15.1. The number of nitrogens with zero attached hydrogens (tertiary/aromatic N) is 2. The molecule has 4 nitrogen and oxygen atoms in total. The number of benzene rings is 2. The quantitative estimate of drug-likeness (QED) is 0.384. The summed E-state index contributed by atoms with van der Waals surface area (Å²) in [7, 11) is 0. The van der Waals surface area contributed by atoms with E-state index in [1.54, 1.807) is 12.1 Å². The Morgan fingerprint density at radius 3 is 2.29 bits per heavy atom. The summed E-state index contributed by atoms with van der Waals surface area (Å²) in [6.45, 7) is 0.697. The van der Waals surface area contributed by atoms with Crippen molar-refractivity contribution in [3.8, 4) is 0 Å². The molecule has 2 aromatic carbocycles. The van der Waals surface area contributed by atoms with Crippen LogP contribution in [0.4, 0.5) is 5.69 Å². The van der Waals surface area contributed by atoms with E-state index in [0.29, 0.717) is 6.54 Å². The number of nitro groups is 1. The lowest BCUT2D eigenvalue weighted by molar-refractivity contribution is -0.687. The summed E-state index contributed by atoms with van der Waals surface area (Å²) in [5, 5.41) is 13.0. The highest BCUT2D eigenvalue weighted by Gasteiger charge is 2.07. The topological polar surface area (TPSA) is 47.0 Å². The van der Waals surface area contributed by atoms with Crippen LogP contribution in [-0.2, 0) is 6.54 Å². The smallest absolute Gasteiger partial charge is 0.269 e. The summed E-state index contributed by atoms with van der Waals surface area (Å²) in [5.74, 6) is 0. The number of halogens is 1. The molecule has 106 valence electrons. The minimum Gasteiger partial charge on any atom is -1.00 e. The van der Waals surface area contributed by atoms with Gasteiger partial charge in [-0.2, -0.15) is 0 Å². The van der Waals surface area contributed by atoms with Crippen molar-refractivity contribution in [2.24, 2.45) is 0 Å². The molecule has 0 fully saturated rings. The highest BCUT2D eigenvalue weighted by molar-refractivity contribution is 5.80. The van der Waals surface area contributed by atoms with Crippen molar-refractivity contribution in [1.29, 1.82) is 0 Å². The summed E-state index contributed by atoms with van der Waals surface area (Å²) in [4.78, 5) is 10.2. The van der Waals surface area contributed by atoms with Gasteiger partial charge in [0.25, 0.3) is 5.69 Å². The minimum atomic E-state index is -0.382. The van der Waals surface area contributed by atoms with Crippen LogP contribution >= 0.6 is 0 Å². The number of rotatable bonds is 3. The first-order valence-electron chi connectivity index (χ1n) is 6.33. The van der Waals surface area contributed by atoms with Crippen molar-refractivity contribution in [2.45, 2.75) is 6.54 Å². The third-order valence-corrected chi connectivity index (χ3v) is 3.26. The molecular weight excluding hydrogens is 332 g/mol. The fourth-order valence-corrected chi connectivity index (χ4v) is 2.21. The molecule has 0 radical (unpaired) electrons. The zero-order valence-electron chi connectivity index (χ0n) is 11.1. The van der Waals surface area contributed by atoms with E-state index in [0.717, 1.165) is 5.56 Å². The van der Waals surface area contributed by atoms with Gasteiger partial charge >= 0.3 is 0 Å². The van der Waals surface area contributed by atoms with E-state index in [1.165, 1.54) is 22.9 Å². The number of fused-ring (bicyclic) bond motifs is 1. The molecule has 0 bridgehead atoms. The SMILES string of the molecule is O=[N+]([O-])c1ccc(C[n+]2ccc3ccccc3c2)cc1.[Br-]. The van der Waals surface area contributed by atoms with Crippen LogP contribution in [0.3, 0.4) is 0 Å². The van der Waals surface area contributed by atoms with Crippen LogP contribution in [0.25, 0.3) is 10.8 Å². The van der Waals surface area contributed by atoms with Crippen molar-refractivity contribution < 1.29 is 26.5 Å². The lowest BCUT2D eigenvalue weighted by Crippen LogP contribution is -3.00. The van der Waals surface area contributed by atoms with Gasteiger partial charge < -0.3 is 17.0 Å². The van der Waals surface area contributed by atoms with Gasteiger partial charge in [0.2, 0.25) is 0 Å². The van der Waals surface area contributed by atoms with E-state index in [-0.39, 0.29) is 27.6 Å². The maximum atomic E-state index is 10.6. The van der Waals surface area contributed by atoms with Gasteiger partial charge in [0, 0.05) is 29.1 Å². The first-order chi connectivity index (χ1) is 9.72. The normalized spacial score (nSPS) is 10.1. The lowest BCUT2D eigenvalue weighted by Gasteiger charge is -2.00. The summed E-state index contributed by atoms with van der Waals surface area (Å²) in [5.41, 5.74) is 1.16. The van der Waals surface area contributed by atoms with Gasteiger partial charge in [-0.15, -0.1) is 0 Å². The number of aromatic nitrogens is 1. The summed E-state index contributed by atoms with van der Waals surface area (Å²) >= 11 is 0.